The second kappa shape index (κ2) is 6.33. The van der Waals surface area contributed by atoms with Gasteiger partial charge in [0, 0.05) is 6.07 Å². The summed E-state index contributed by atoms with van der Waals surface area (Å²) in [6.07, 6.45) is 3.76. The molecule has 1 rings (SSSR count). The SMILES string of the molecule is CC.CCCc1ccon1. The van der Waals surface area contributed by atoms with Gasteiger partial charge >= 0.3 is 0 Å². The molecule has 10 heavy (non-hydrogen) atoms. The lowest BCUT2D eigenvalue weighted by Crippen LogP contribution is -1.78. The van der Waals surface area contributed by atoms with Gasteiger partial charge in [0.1, 0.15) is 6.26 Å². The van der Waals surface area contributed by atoms with Crippen LogP contribution < -0.4 is 0 Å². The second-order valence-electron chi connectivity index (χ2n) is 1.74. The Bertz CT molecular complexity index is 135. The van der Waals surface area contributed by atoms with Crippen LogP contribution in [0.25, 0.3) is 0 Å². The minimum atomic E-state index is 1.02. The van der Waals surface area contributed by atoms with Crippen molar-refractivity contribution in [3.63, 3.8) is 0 Å². The van der Waals surface area contributed by atoms with Crippen molar-refractivity contribution in [3.05, 3.63) is 18.0 Å². The highest BCUT2D eigenvalue weighted by molar-refractivity contribution is 4.94. The third-order valence-corrected chi connectivity index (χ3v) is 0.997. The number of rotatable bonds is 2. The predicted octanol–water partition coefficient (Wildman–Crippen LogP) is 2.65. The molecule has 0 saturated heterocycles. The van der Waals surface area contributed by atoms with E-state index < -0.39 is 0 Å². The van der Waals surface area contributed by atoms with Gasteiger partial charge in [-0.05, 0) is 6.42 Å². The van der Waals surface area contributed by atoms with Gasteiger partial charge < -0.3 is 4.52 Å². The molecule has 0 spiro atoms. The van der Waals surface area contributed by atoms with Gasteiger partial charge in [0.25, 0.3) is 0 Å². The van der Waals surface area contributed by atoms with E-state index in [9.17, 15) is 0 Å². The standard InChI is InChI=1S/C6H9NO.C2H6/c1-2-3-6-4-5-8-7-6;1-2/h4-5H,2-3H2,1H3;1-2H3. The topological polar surface area (TPSA) is 26.0 Å². The minimum absolute atomic E-state index is 1.02. The van der Waals surface area contributed by atoms with Crippen LogP contribution in [-0.2, 0) is 6.42 Å². The van der Waals surface area contributed by atoms with Gasteiger partial charge in [0.05, 0.1) is 5.69 Å². The van der Waals surface area contributed by atoms with E-state index in [4.69, 9.17) is 0 Å². The van der Waals surface area contributed by atoms with Crippen LogP contribution >= 0.6 is 0 Å². The van der Waals surface area contributed by atoms with Crippen molar-refractivity contribution in [2.24, 2.45) is 0 Å². The number of hydrogen-bond donors (Lipinski definition) is 0. The van der Waals surface area contributed by atoms with Gasteiger partial charge in [-0.2, -0.15) is 0 Å². The van der Waals surface area contributed by atoms with Crippen LogP contribution in [0.4, 0.5) is 0 Å². The molecule has 0 amide bonds. The Morgan fingerprint density at radius 1 is 1.50 bits per heavy atom. The maximum atomic E-state index is 4.62. The molecule has 0 unspecified atom stereocenters. The predicted molar refractivity (Wildman–Crippen MR) is 41.8 cm³/mol. The third-order valence-electron chi connectivity index (χ3n) is 0.997. The molecule has 0 N–H and O–H groups in total. The zero-order chi connectivity index (χ0) is 7.82. The average molecular weight is 141 g/mol. The van der Waals surface area contributed by atoms with Crippen LogP contribution in [-0.4, -0.2) is 5.16 Å². The van der Waals surface area contributed by atoms with Crippen LogP contribution in [0.5, 0.6) is 0 Å². The van der Waals surface area contributed by atoms with Gasteiger partial charge in [-0.25, -0.2) is 0 Å². The lowest BCUT2D eigenvalue weighted by atomic mass is 10.3. The van der Waals surface area contributed by atoms with Gasteiger partial charge in [-0.15, -0.1) is 0 Å². The first-order chi connectivity index (χ1) is 4.93. The summed E-state index contributed by atoms with van der Waals surface area (Å²) in [5, 5.41) is 3.73. The van der Waals surface area contributed by atoms with Gasteiger partial charge in [-0.1, -0.05) is 32.3 Å². The van der Waals surface area contributed by atoms with Crippen LogP contribution in [0.15, 0.2) is 16.9 Å². The van der Waals surface area contributed by atoms with Gasteiger partial charge in [0.15, 0.2) is 0 Å². The fourth-order valence-electron chi connectivity index (χ4n) is 0.623. The molecule has 0 aliphatic carbocycles. The summed E-state index contributed by atoms with van der Waals surface area (Å²) >= 11 is 0. The van der Waals surface area contributed by atoms with Crippen molar-refractivity contribution in [1.29, 1.82) is 0 Å². The van der Waals surface area contributed by atoms with E-state index >= 15 is 0 Å². The van der Waals surface area contributed by atoms with Crippen LogP contribution in [0.2, 0.25) is 0 Å². The van der Waals surface area contributed by atoms with Gasteiger partial charge in [-0.3, -0.25) is 0 Å². The maximum Gasteiger partial charge on any atom is 0.124 e. The molecule has 1 heterocycles. The Morgan fingerprint density at radius 3 is 2.60 bits per heavy atom. The molecule has 0 fully saturated rings. The first-order valence-electron chi connectivity index (χ1n) is 3.82. The third kappa shape index (κ3) is 3.28. The molecule has 0 atom stereocenters. The Morgan fingerprint density at radius 2 is 2.20 bits per heavy atom. The average Bonchev–Trinajstić information content (AvgIpc) is 2.46. The lowest BCUT2D eigenvalue weighted by molar-refractivity contribution is 0.411. The number of aryl methyl sites for hydroxylation is 1. The Hall–Kier alpha value is -0.790. The van der Waals surface area contributed by atoms with Crippen molar-refractivity contribution >= 4 is 0 Å². The Kier molecular flexibility index (Phi) is 5.83. The lowest BCUT2D eigenvalue weighted by Gasteiger charge is -1.82. The molecule has 1 aromatic heterocycles. The van der Waals surface area contributed by atoms with E-state index in [1.165, 1.54) is 0 Å². The van der Waals surface area contributed by atoms with Crippen molar-refractivity contribution in [2.75, 3.05) is 0 Å². The quantitative estimate of drug-likeness (QED) is 0.632. The van der Waals surface area contributed by atoms with E-state index in [0.717, 1.165) is 18.5 Å². The van der Waals surface area contributed by atoms with Crippen molar-refractivity contribution in [2.45, 2.75) is 33.6 Å². The fourth-order valence-corrected chi connectivity index (χ4v) is 0.623. The van der Waals surface area contributed by atoms with E-state index in [0.29, 0.717) is 0 Å². The summed E-state index contributed by atoms with van der Waals surface area (Å²) in [7, 11) is 0. The molecular formula is C8H15NO. The summed E-state index contributed by atoms with van der Waals surface area (Å²) in [6, 6.07) is 1.89. The number of hydrogen-bond acceptors (Lipinski definition) is 2. The second-order valence-corrected chi connectivity index (χ2v) is 1.74. The molecular weight excluding hydrogens is 126 g/mol. The first kappa shape index (κ1) is 9.21. The molecule has 0 aliphatic heterocycles. The first-order valence-corrected chi connectivity index (χ1v) is 3.82. The van der Waals surface area contributed by atoms with E-state index in [-0.39, 0.29) is 0 Å². The largest absolute Gasteiger partial charge is 0.365 e. The molecule has 2 nitrogen and oxygen atoms in total. The highest BCUT2D eigenvalue weighted by Gasteiger charge is 1.90. The molecule has 0 aromatic carbocycles. The Labute approximate surface area is 62.2 Å². The fraction of sp³-hybridized carbons (Fsp3) is 0.625. The minimum Gasteiger partial charge on any atom is -0.365 e. The summed E-state index contributed by atoms with van der Waals surface area (Å²) < 4.78 is 4.62. The van der Waals surface area contributed by atoms with Gasteiger partial charge in [0.2, 0.25) is 0 Å². The highest BCUT2D eigenvalue weighted by Crippen LogP contribution is 1.96. The molecule has 0 saturated carbocycles. The monoisotopic (exact) mass is 141 g/mol. The zero-order valence-electron chi connectivity index (χ0n) is 6.92. The summed E-state index contributed by atoms with van der Waals surface area (Å²) in [4.78, 5) is 0. The van der Waals surface area contributed by atoms with E-state index in [1.54, 1.807) is 6.26 Å². The van der Waals surface area contributed by atoms with Crippen LogP contribution in [0, 0.1) is 0 Å². The molecule has 0 aliphatic rings. The van der Waals surface area contributed by atoms with Crippen molar-refractivity contribution in [1.82, 2.24) is 5.16 Å². The smallest absolute Gasteiger partial charge is 0.124 e. The van der Waals surface area contributed by atoms with Crippen molar-refractivity contribution < 1.29 is 4.52 Å². The molecule has 0 radical (unpaired) electrons. The van der Waals surface area contributed by atoms with Crippen molar-refractivity contribution in [3.8, 4) is 0 Å². The molecule has 1 aromatic rings. The summed E-state index contributed by atoms with van der Waals surface area (Å²) in [6.45, 7) is 6.12. The number of nitrogens with zero attached hydrogens (tertiary/aromatic N) is 1. The van der Waals surface area contributed by atoms with E-state index in [2.05, 4.69) is 16.6 Å². The Balaban J connectivity index is 0.000000371. The summed E-state index contributed by atoms with van der Waals surface area (Å²) in [5.74, 6) is 0. The summed E-state index contributed by atoms with van der Waals surface area (Å²) in [5.41, 5.74) is 1.05. The van der Waals surface area contributed by atoms with Crippen LogP contribution in [0.1, 0.15) is 32.9 Å². The number of aromatic nitrogens is 1. The highest BCUT2D eigenvalue weighted by atomic mass is 16.5. The maximum absolute atomic E-state index is 4.62. The molecule has 2 heteroatoms. The normalized spacial score (nSPS) is 8.30. The van der Waals surface area contributed by atoms with E-state index in [1.807, 2.05) is 19.9 Å². The zero-order valence-corrected chi connectivity index (χ0v) is 6.92. The molecule has 0 bridgehead atoms. The van der Waals surface area contributed by atoms with Crippen LogP contribution in [0.3, 0.4) is 0 Å². The molecule has 58 valence electrons.